The fourth-order valence-corrected chi connectivity index (χ4v) is 3.53. The van der Waals surface area contributed by atoms with Crippen molar-refractivity contribution < 1.29 is 0 Å². The summed E-state index contributed by atoms with van der Waals surface area (Å²) in [6.07, 6.45) is 9.18. The Labute approximate surface area is 136 Å². The van der Waals surface area contributed by atoms with Crippen molar-refractivity contribution in [1.29, 1.82) is 0 Å². The third-order valence-electron chi connectivity index (χ3n) is 4.98. The molecule has 0 aliphatic carbocycles. The van der Waals surface area contributed by atoms with E-state index in [-0.39, 0.29) is 0 Å². The van der Waals surface area contributed by atoms with E-state index < -0.39 is 0 Å². The highest BCUT2D eigenvalue weighted by atomic mass is 15.2. The monoisotopic (exact) mass is 303 g/mol. The predicted molar refractivity (Wildman–Crippen MR) is 97.3 cm³/mol. The first-order chi connectivity index (χ1) is 10.7. The van der Waals surface area contributed by atoms with Gasteiger partial charge < -0.3 is 16.0 Å². The molecule has 1 aromatic rings. The van der Waals surface area contributed by atoms with Crippen LogP contribution in [0.1, 0.15) is 58.8 Å². The number of nitrogens with one attached hydrogen (secondary N) is 1. The van der Waals surface area contributed by atoms with Gasteiger partial charge in [0.1, 0.15) is 0 Å². The first-order valence-corrected chi connectivity index (χ1v) is 9.09. The molecule has 1 aromatic carbocycles. The first-order valence-electron chi connectivity index (χ1n) is 9.09. The summed E-state index contributed by atoms with van der Waals surface area (Å²) in [6, 6.07) is 9.45. The standard InChI is InChI=1S/C19H33N3/c1-3-5-6-9-17(4-2)22-14-12-16(13-15-22)21-19-11-8-7-10-18(19)20/h7-8,10-11,16-17,21H,3-6,9,12-15,20H2,1-2H3. The van der Waals surface area contributed by atoms with Crippen LogP contribution in [0.3, 0.4) is 0 Å². The van der Waals surface area contributed by atoms with E-state index in [4.69, 9.17) is 5.73 Å². The minimum atomic E-state index is 0.564. The normalized spacial score (nSPS) is 18.3. The van der Waals surface area contributed by atoms with Crippen LogP contribution in [0.2, 0.25) is 0 Å². The quantitative estimate of drug-likeness (QED) is 0.548. The van der Waals surface area contributed by atoms with Gasteiger partial charge in [0.05, 0.1) is 11.4 Å². The molecule has 0 radical (unpaired) electrons. The van der Waals surface area contributed by atoms with E-state index in [9.17, 15) is 0 Å². The number of nitrogens with zero attached hydrogens (tertiary/aromatic N) is 1. The number of piperidine rings is 1. The molecule has 1 heterocycles. The van der Waals surface area contributed by atoms with Crippen molar-refractivity contribution in [3.05, 3.63) is 24.3 Å². The van der Waals surface area contributed by atoms with Crippen LogP contribution in [-0.4, -0.2) is 30.1 Å². The average molecular weight is 303 g/mol. The Morgan fingerprint density at radius 3 is 2.55 bits per heavy atom. The number of para-hydroxylation sites is 2. The second kappa shape index (κ2) is 9.04. The van der Waals surface area contributed by atoms with Gasteiger partial charge in [-0.1, -0.05) is 45.2 Å². The molecule has 0 spiro atoms. The number of anilines is 2. The maximum absolute atomic E-state index is 6.03. The highest BCUT2D eigenvalue weighted by Gasteiger charge is 2.23. The van der Waals surface area contributed by atoms with Crippen LogP contribution < -0.4 is 11.1 Å². The van der Waals surface area contributed by atoms with Gasteiger partial charge in [0.25, 0.3) is 0 Å². The second-order valence-corrected chi connectivity index (χ2v) is 6.60. The first kappa shape index (κ1) is 17.1. The van der Waals surface area contributed by atoms with Gasteiger partial charge in [0.2, 0.25) is 0 Å². The Morgan fingerprint density at radius 2 is 1.91 bits per heavy atom. The van der Waals surface area contributed by atoms with Crippen LogP contribution in [0, 0.1) is 0 Å². The molecule has 124 valence electrons. The average Bonchev–Trinajstić information content (AvgIpc) is 2.55. The van der Waals surface area contributed by atoms with E-state index in [1.165, 1.54) is 58.0 Å². The lowest BCUT2D eigenvalue weighted by atomic mass is 9.98. The topological polar surface area (TPSA) is 41.3 Å². The number of unbranched alkanes of at least 4 members (excludes halogenated alkanes) is 2. The zero-order chi connectivity index (χ0) is 15.8. The maximum atomic E-state index is 6.03. The van der Waals surface area contributed by atoms with Gasteiger partial charge in [-0.05, 0) is 37.8 Å². The van der Waals surface area contributed by atoms with E-state index in [0.29, 0.717) is 6.04 Å². The number of hydrogen-bond donors (Lipinski definition) is 2. The molecule has 1 aliphatic heterocycles. The van der Waals surface area contributed by atoms with Crippen molar-refractivity contribution >= 4 is 11.4 Å². The number of rotatable bonds is 8. The summed E-state index contributed by atoms with van der Waals surface area (Å²) >= 11 is 0. The van der Waals surface area contributed by atoms with Gasteiger partial charge >= 0.3 is 0 Å². The molecule has 0 amide bonds. The molecule has 0 saturated carbocycles. The molecular formula is C19H33N3. The van der Waals surface area contributed by atoms with Crippen molar-refractivity contribution in [2.45, 2.75) is 70.9 Å². The van der Waals surface area contributed by atoms with Crippen LogP contribution in [0.5, 0.6) is 0 Å². The summed E-state index contributed by atoms with van der Waals surface area (Å²) in [5.41, 5.74) is 7.98. The van der Waals surface area contributed by atoms with Crippen LogP contribution in [-0.2, 0) is 0 Å². The summed E-state index contributed by atoms with van der Waals surface area (Å²) in [6.45, 7) is 7.06. The van der Waals surface area contributed by atoms with E-state index >= 15 is 0 Å². The number of likely N-dealkylation sites (tertiary alicyclic amines) is 1. The Kier molecular flexibility index (Phi) is 7.04. The summed E-state index contributed by atoms with van der Waals surface area (Å²) in [5, 5.41) is 3.63. The molecular weight excluding hydrogens is 270 g/mol. The molecule has 3 nitrogen and oxygen atoms in total. The van der Waals surface area contributed by atoms with Crippen molar-refractivity contribution in [2.75, 3.05) is 24.1 Å². The summed E-state index contributed by atoms with van der Waals surface area (Å²) < 4.78 is 0. The molecule has 1 unspecified atom stereocenters. The smallest absolute Gasteiger partial charge is 0.0576 e. The van der Waals surface area contributed by atoms with Gasteiger partial charge in [-0.15, -0.1) is 0 Å². The summed E-state index contributed by atoms with van der Waals surface area (Å²) in [5.74, 6) is 0. The molecule has 1 aliphatic rings. The van der Waals surface area contributed by atoms with Crippen molar-refractivity contribution in [3.8, 4) is 0 Å². The van der Waals surface area contributed by atoms with Gasteiger partial charge in [0.15, 0.2) is 0 Å². The van der Waals surface area contributed by atoms with E-state index in [1.54, 1.807) is 0 Å². The minimum Gasteiger partial charge on any atom is -0.397 e. The molecule has 2 rings (SSSR count). The lowest BCUT2D eigenvalue weighted by molar-refractivity contribution is 0.143. The third kappa shape index (κ3) is 4.91. The molecule has 1 atom stereocenters. The molecule has 0 aromatic heterocycles. The largest absolute Gasteiger partial charge is 0.397 e. The molecule has 1 fully saturated rings. The fourth-order valence-electron chi connectivity index (χ4n) is 3.53. The Morgan fingerprint density at radius 1 is 1.18 bits per heavy atom. The lowest BCUT2D eigenvalue weighted by Crippen LogP contribution is -2.44. The van der Waals surface area contributed by atoms with Crippen molar-refractivity contribution in [1.82, 2.24) is 4.90 Å². The van der Waals surface area contributed by atoms with Crippen LogP contribution >= 0.6 is 0 Å². The van der Waals surface area contributed by atoms with Crippen molar-refractivity contribution in [3.63, 3.8) is 0 Å². The van der Waals surface area contributed by atoms with E-state index in [1.807, 2.05) is 12.1 Å². The highest BCUT2D eigenvalue weighted by Crippen LogP contribution is 2.24. The van der Waals surface area contributed by atoms with Gasteiger partial charge in [0, 0.05) is 25.2 Å². The minimum absolute atomic E-state index is 0.564. The zero-order valence-corrected chi connectivity index (χ0v) is 14.4. The summed E-state index contributed by atoms with van der Waals surface area (Å²) in [4.78, 5) is 2.71. The van der Waals surface area contributed by atoms with Crippen LogP contribution in [0.15, 0.2) is 24.3 Å². The maximum Gasteiger partial charge on any atom is 0.0576 e. The van der Waals surface area contributed by atoms with Gasteiger partial charge in [-0.25, -0.2) is 0 Å². The van der Waals surface area contributed by atoms with Crippen molar-refractivity contribution in [2.24, 2.45) is 0 Å². The fraction of sp³-hybridized carbons (Fsp3) is 0.684. The lowest BCUT2D eigenvalue weighted by Gasteiger charge is -2.38. The van der Waals surface area contributed by atoms with Crippen LogP contribution in [0.25, 0.3) is 0 Å². The van der Waals surface area contributed by atoms with Crippen LogP contribution in [0.4, 0.5) is 11.4 Å². The SMILES string of the molecule is CCCCCC(CC)N1CCC(Nc2ccccc2N)CC1. The molecule has 0 bridgehead atoms. The number of benzene rings is 1. The number of nitrogens with two attached hydrogens (primary N) is 1. The predicted octanol–water partition coefficient (Wildman–Crippen LogP) is 4.50. The Bertz CT molecular complexity index is 424. The van der Waals surface area contributed by atoms with Gasteiger partial charge in [-0.2, -0.15) is 0 Å². The Balaban J connectivity index is 1.78. The Hall–Kier alpha value is -1.22. The molecule has 3 N–H and O–H groups in total. The third-order valence-corrected chi connectivity index (χ3v) is 4.98. The second-order valence-electron chi connectivity index (χ2n) is 6.60. The highest BCUT2D eigenvalue weighted by molar-refractivity contribution is 5.65. The molecule has 22 heavy (non-hydrogen) atoms. The summed E-state index contributed by atoms with van der Waals surface area (Å²) in [7, 11) is 0. The van der Waals surface area contributed by atoms with Gasteiger partial charge in [-0.3, -0.25) is 0 Å². The zero-order valence-electron chi connectivity index (χ0n) is 14.4. The number of nitrogen functional groups attached to an aromatic ring is 1. The number of hydrogen-bond acceptors (Lipinski definition) is 3. The molecule has 1 saturated heterocycles. The van der Waals surface area contributed by atoms with E-state index in [2.05, 4.69) is 36.2 Å². The van der Waals surface area contributed by atoms with E-state index in [0.717, 1.165) is 17.4 Å². The molecule has 3 heteroatoms.